The Morgan fingerprint density at radius 3 is 2.50 bits per heavy atom. The van der Waals surface area contributed by atoms with Crippen molar-refractivity contribution in [2.75, 3.05) is 19.4 Å². The summed E-state index contributed by atoms with van der Waals surface area (Å²) < 4.78 is 9.40. The molecule has 0 heterocycles. The van der Waals surface area contributed by atoms with Crippen LogP contribution >= 0.6 is 0 Å². The fraction of sp³-hybridized carbons (Fsp3) is 0.750. The van der Waals surface area contributed by atoms with Gasteiger partial charge in [0.1, 0.15) is 19.1 Å². The van der Waals surface area contributed by atoms with Crippen molar-refractivity contribution in [3.8, 4) is 0 Å². The van der Waals surface area contributed by atoms with Crippen LogP contribution in [0.3, 0.4) is 0 Å². The molecule has 0 saturated carbocycles. The van der Waals surface area contributed by atoms with E-state index in [2.05, 4.69) is 4.74 Å². The second kappa shape index (κ2) is 8.22. The zero-order valence-electron chi connectivity index (χ0n) is 8.96. The van der Waals surface area contributed by atoms with E-state index in [0.29, 0.717) is 0 Å². The van der Waals surface area contributed by atoms with E-state index in [1.54, 1.807) is 6.55 Å². The molecule has 0 saturated heterocycles. The summed E-state index contributed by atoms with van der Waals surface area (Å²) in [5.41, 5.74) is 0. The molecule has 0 aliphatic carbocycles. The zero-order valence-corrected chi connectivity index (χ0v) is 10.1. The molecule has 8 heteroatoms. The highest BCUT2D eigenvalue weighted by molar-refractivity contribution is 6.48. The number of hydrogen-bond acceptors (Lipinski definition) is 6. The van der Waals surface area contributed by atoms with Crippen molar-refractivity contribution < 1.29 is 34.1 Å². The Balaban J connectivity index is 3.53. The third-order valence-electron chi connectivity index (χ3n) is 1.40. The normalized spacial score (nSPS) is 14.2. The number of aliphatic hydroxyl groups excluding tert-OH is 1. The van der Waals surface area contributed by atoms with E-state index in [4.69, 9.17) is 14.6 Å². The number of esters is 1. The number of aliphatic carboxylic acids is 1. The summed E-state index contributed by atoms with van der Waals surface area (Å²) >= 11 is 0. The van der Waals surface area contributed by atoms with Crippen molar-refractivity contribution in [2.24, 2.45) is 0 Å². The Bertz CT molecular complexity index is 230. The first kappa shape index (κ1) is 15.0. The largest absolute Gasteiger partial charge is 0.481 e. The number of carboxylic acid groups (broad SMARTS) is 1. The summed E-state index contributed by atoms with van der Waals surface area (Å²) in [5.74, 6) is -2.19. The number of rotatable bonds is 8. The summed E-state index contributed by atoms with van der Waals surface area (Å²) in [5, 5.41) is 17.5. The fourth-order valence-electron chi connectivity index (χ4n) is 0.786. The minimum absolute atomic E-state index is 0.0573. The molecule has 0 amide bonds. The first-order valence-electron chi connectivity index (χ1n) is 4.73. The van der Waals surface area contributed by atoms with Gasteiger partial charge in [0.05, 0.1) is 12.8 Å². The van der Waals surface area contributed by atoms with E-state index in [1.807, 2.05) is 0 Å². The van der Waals surface area contributed by atoms with E-state index < -0.39 is 33.5 Å². The molecule has 0 bridgehead atoms. The van der Waals surface area contributed by atoms with Gasteiger partial charge in [-0.3, -0.25) is 9.59 Å². The first-order valence-corrected chi connectivity index (χ1v) is 7.22. The lowest BCUT2D eigenvalue weighted by atomic mass is 10.4. The molecule has 0 aromatic heterocycles. The summed E-state index contributed by atoms with van der Waals surface area (Å²) in [6, 6.07) is 0. The van der Waals surface area contributed by atoms with Gasteiger partial charge in [-0.25, -0.2) is 0 Å². The standard InChI is InChI=1S/C8H16O7Si/c1-16(13)5-14-3-6(9)4-15-8(12)2-7(10)11/h6,9,13,16H,2-5H2,1H3,(H,10,11). The average molecular weight is 252 g/mol. The molecule has 7 nitrogen and oxygen atoms in total. The quantitative estimate of drug-likeness (QED) is 0.267. The van der Waals surface area contributed by atoms with E-state index in [9.17, 15) is 14.7 Å². The molecule has 2 atom stereocenters. The van der Waals surface area contributed by atoms with Crippen LogP contribution in [0.2, 0.25) is 6.55 Å². The number of hydrogen-bond donors (Lipinski definition) is 3. The van der Waals surface area contributed by atoms with E-state index in [0.717, 1.165) is 0 Å². The minimum atomic E-state index is -1.81. The lowest BCUT2D eigenvalue weighted by Gasteiger charge is -2.11. The smallest absolute Gasteiger partial charge is 0.317 e. The minimum Gasteiger partial charge on any atom is -0.481 e. The van der Waals surface area contributed by atoms with Gasteiger partial charge < -0.3 is 24.5 Å². The lowest BCUT2D eigenvalue weighted by molar-refractivity contribution is -0.154. The predicted molar refractivity (Wildman–Crippen MR) is 55.3 cm³/mol. The summed E-state index contributed by atoms with van der Waals surface area (Å²) in [4.78, 5) is 29.8. The highest BCUT2D eigenvalue weighted by Gasteiger charge is 2.12. The van der Waals surface area contributed by atoms with Gasteiger partial charge in [-0.2, -0.15) is 0 Å². The van der Waals surface area contributed by atoms with Crippen LogP contribution in [-0.2, 0) is 19.1 Å². The maximum absolute atomic E-state index is 10.8. The molecule has 94 valence electrons. The van der Waals surface area contributed by atoms with Crippen LogP contribution < -0.4 is 0 Å². The van der Waals surface area contributed by atoms with Gasteiger partial charge in [0.25, 0.3) is 0 Å². The Morgan fingerprint density at radius 1 is 1.38 bits per heavy atom. The molecule has 16 heavy (non-hydrogen) atoms. The molecule has 0 fully saturated rings. The van der Waals surface area contributed by atoms with Gasteiger partial charge in [-0.1, -0.05) is 0 Å². The van der Waals surface area contributed by atoms with Crippen molar-refractivity contribution in [2.45, 2.75) is 19.1 Å². The third kappa shape index (κ3) is 9.59. The summed E-state index contributed by atoms with van der Waals surface area (Å²) in [6.07, 6.45) is -1.53. The molecule has 0 aromatic carbocycles. The highest BCUT2D eigenvalue weighted by Crippen LogP contribution is 1.92. The van der Waals surface area contributed by atoms with Crippen molar-refractivity contribution in [1.82, 2.24) is 0 Å². The van der Waals surface area contributed by atoms with Crippen LogP contribution in [0.1, 0.15) is 6.42 Å². The van der Waals surface area contributed by atoms with E-state index in [1.165, 1.54) is 0 Å². The molecular formula is C8H16O7Si. The van der Waals surface area contributed by atoms with Crippen molar-refractivity contribution in [3.05, 3.63) is 0 Å². The Labute approximate surface area is 94.3 Å². The van der Waals surface area contributed by atoms with Crippen LogP contribution in [0.5, 0.6) is 0 Å². The van der Waals surface area contributed by atoms with Gasteiger partial charge in [0.2, 0.25) is 0 Å². The van der Waals surface area contributed by atoms with Gasteiger partial charge in [-0.15, -0.1) is 0 Å². The zero-order chi connectivity index (χ0) is 12.6. The molecule has 0 spiro atoms. The fourth-order valence-corrected chi connectivity index (χ4v) is 1.26. The van der Waals surface area contributed by atoms with Gasteiger partial charge >= 0.3 is 11.9 Å². The predicted octanol–water partition coefficient (Wildman–Crippen LogP) is -1.73. The summed E-state index contributed by atoms with van der Waals surface area (Å²) in [7, 11) is -1.81. The monoisotopic (exact) mass is 252 g/mol. The average Bonchev–Trinajstić information content (AvgIpc) is 2.13. The Hall–Kier alpha value is -0.963. The molecule has 0 aliphatic rings. The van der Waals surface area contributed by atoms with E-state index >= 15 is 0 Å². The van der Waals surface area contributed by atoms with Gasteiger partial charge in [-0.05, 0) is 6.55 Å². The number of carbonyl (C=O) groups excluding carboxylic acids is 1. The molecule has 2 unspecified atom stereocenters. The second-order valence-electron chi connectivity index (χ2n) is 3.29. The maximum atomic E-state index is 10.8. The van der Waals surface area contributed by atoms with Crippen molar-refractivity contribution in [3.63, 3.8) is 0 Å². The number of carbonyl (C=O) groups is 2. The third-order valence-corrected chi connectivity index (χ3v) is 2.12. The second-order valence-corrected chi connectivity index (χ2v) is 5.33. The lowest BCUT2D eigenvalue weighted by Crippen LogP contribution is -2.27. The van der Waals surface area contributed by atoms with Crippen LogP contribution in [0, 0.1) is 0 Å². The van der Waals surface area contributed by atoms with Crippen molar-refractivity contribution in [1.29, 1.82) is 0 Å². The molecule has 3 N–H and O–H groups in total. The summed E-state index contributed by atoms with van der Waals surface area (Å²) in [6.45, 7) is 1.30. The van der Waals surface area contributed by atoms with Crippen LogP contribution in [0.25, 0.3) is 0 Å². The molecule has 0 aliphatic heterocycles. The van der Waals surface area contributed by atoms with Crippen LogP contribution in [0.15, 0.2) is 0 Å². The number of carboxylic acids is 1. The maximum Gasteiger partial charge on any atom is 0.317 e. The van der Waals surface area contributed by atoms with Crippen LogP contribution in [0.4, 0.5) is 0 Å². The highest BCUT2D eigenvalue weighted by atomic mass is 28.3. The molecular weight excluding hydrogens is 236 g/mol. The SMILES string of the molecule is C[SiH](O)COCC(O)COC(=O)CC(=O)O. The Kier molecular flexibility index (Phi) is 7.72. The Morgan fingerprint density at radius 2 is 2.00 bits per heavy atom. The van der Waals surface area contributed by atoms with Crippen LogP contribution in [-0.4, -0.2) is 61.5 Å². The van der Waals surface area contributed by atoms with Gasteiger partial charge in [0, 0.05) is 0 Å². The number of aliphatic hydroxyl groups is 1. The van der Waals surface area contributed by atoms with E-state index in [-0.39, 0.29) is 19.4 Å². The first-order chi connectivity index (χ1) is 7.41. The topological polar surface area (TPSA) is 113 Å². The molecule has 0 rings (SSSR count). The number of ether oxygens (including phenoxy) is 2. The van der Waals surface area contributed by atoms with Crippen molar-refractivity contribution >= 4 is 21.0 Å². The van der Waals surface area contributed by atoms with Gasteiger partial charge in [0.15, 0.2) is 9.04 Å². The molecule has 0 radical (unpaired) electrons. The molecule has 0 aromatic rings.